The predicted octanol–water partition coefficient (Wildman–Crippen LogP) is 2.58. The molecule has 0 aliphatic rings. The van der Waals surface area contributed by atoms with Gasteiger partial charge in [-0.2, -0.15) is 0 Å². The fourth-order valence-electron chi connectivity index (χ4n) is 1.67. The summed E-state index contributed by atoms with van der Waals surface area (Å²) >= 11 is 6.09. The normalized spacial score (nSPS) is 12.1. The molecule has 0 aromatic heterocycles. The van der Waals surface area contributed by atoms with Gasteiger partial charge >= 0.3 is 5.97 Å². The van der Waals surface area contributed by atoms with E-state index in [1.807, 2.05) is 26.8 Å². The molecule has 5 heteroatoms. The summed E-state index contributed by atoms with van der Waals surface area (Å²) in [4.78, 5) is 23.8. The molecule has 1 aromatic rings. The van der Waals surface area contributed by atoms with Crippen LogP contribution < -0.4 is 5.32 Å². The summed E-state index contributed by atoms with van der Waals surface area (Å²) in [6.07, 6.45) is 0. The van der Waals surface area contributed by atoms with Gasteiger partial charge in [-0.15, -0.1) is 0 Å². The summed E-state index contributed by atoms with van der Waals surface area (Å²) < 4.78 is 4.68. The monoisotopic (exact) mass is 283 g/mol. The number of methoxy groups -OCH3 is 1. The lowest BCUT2D eigenvalue weighted by Gasteiger charge is -2.20. The van der Waals surface area contributed by atoms with E-state index in [0.717, 1.165) is 5.56 Å². The summed E-state index contributed by atoms with van der Waals surface area (Å²) in [6, 6.07) is 4.51. The lowest BCUT2D eigenvalue weighted by molar-refractivity contribution is -0.144. The molecule has 0 heterocycles. The van der Waals surface area contributed by atoms with Crippen LogP contribution in [0.4, 0.5) is 0 Å². The van der Waals surface area contributed by atoms with Crippen molar-refractivity contribution in [1.29, 1.82) is 0 Å². The molecule has 1 atom stereocenters. The number of halogens is 1. The molecular formula is C14H18ClNO3. The highest BCUT2D eigenvalue weighted by Gasteiger charge is 2.26. The van der Waals surface area contributed by atoms with Gasteiger partial charge in [0.1, 0.15) is 6.04 Å². The topological polar surface area (TPSA) is 55.4 Å². The maximum absolute atomic E-state index is 12.1. The van der Waals surface area contributed by atoms with Crippen LogP contribution in [-0.4, -0.2) is 25.0 Å². The standard InChI is InChI=1S/C14H18ClNO3/c1-8(2)12(14(18)19-4)16-13(17)10-7-5-6-9(3)11(10)15/h5-8,12H,1-4H3,(H,16,17). The third-order valence-corrected chi connectivity index (χ3v) is 3.35. The smallest absolute Gasteiger partial charge is 0.328 e. The zero-order valence-electron chi connectivity index (χ0n) is 11.5. The van der Waals surface area contributed by atoms with Crippen molar-refractivity contribution in [2.24, 2.45) is 5.92 Å². The molecule has 104 valence electrons. The number of carbonyl (C=O) groups excluding carboxylic acids is 2. The van der Waals surface area contributed by atoms with Crippen molar-refractivity contribution in [3.05, 3.63) is 34.3 Å². The average Bonchev–Trinajstić information content (AvgIpc) is 2.37. The van der Waals surface area contributed by atoms with E-state index >= 15 is 0 Å². The molecule has 0 aliphatic carbocycles. The predicted molar refractivity (Wildman–Crippen MR) is 74.3 cm³/mol. The fourth-order valence-corrected chi connectivity index (χ4v) is 1.88. The first-order chi connectivity index (χ1) is 8.88. The first-order valence-electron chi connectivity index (χ1n) is 6.02. The van der Waals surface area contributed by atoms with Gasteiger partial charge in [-0.1, -0.05) is 37.6 Å². The Morgan fingerprint density at radius 1 is 1.32 bits per heavy atom. The Kier molecular flexibility index (Phi) is 5.36. The van der Waals surface area contributed by atoms with Crippen LogP contribution >= 0.6 is 11.6 Å². The Morgan fingerprint density at radius 3 is 2.47 bits per heavy atom. The van der Waals surface area contributed by atoms with Crippen LogP contribution in [0.5, 0.6) is 0 Å². The molecule has 0 fully saturated rings. The summed E-state index contributed by atoms with van der Waals surface area (Å²) in [7, 11) is 1.30. The Hall–Kier alpha value is -1.55. The molecular weight excluding hydrogens is 266 g/mol. The summed E-state index contributed by atoms with van der Waals surface area (Å²) in [6.45, 7) is 5.48. The van der Waals surface area contributed by atoms with Crippen LogP contribution in [0.3, 0.4) is 0 Å². The Balaban J connectivity index is 2.94. The number of carbonyl (C=O) groups is 2. The molecule has 1 amide bonds. The second-order valence-corrected chi connectivity index (χ2v) is 5.03. The number of aryl methyl sites for hydroxylation is 1. The lowest BCUT2D eigenvalue weighted by Crippen LogP contribution is -2.45. The Bertz CT molecular complexity index is 486. The molecule has 0 aliphatic heterocycles. The molecule has 4 nitrogen and oxygen atoms in total. The van der Waals surface area contributed by atoms with Crippen molar-refractivity contribution in [3.8, 4) is 0 Å². The zero-order chi connectivity index (χ0) is 14.6. The molecule has 0 bridgehead atoms. The van der Waals surface area contributed by atoms with E-state index in [1.165, 1.54) is 7.11 Å². The van der Waals surface area contributed by atoms with Gasteiger partial charge in [0.05, 0.1) is 17.7 Å². The highest BCUT2D eigenvalue weighted by molar-refractivity contribution is 6.34. The highest BCUT2D eigenvalue weighted by Crippen LogP contribution is 2.20. The van der Waals surface area contributed by atoms with Gasteiger partial charge in [-0.3, -0.25) is 4.79 Å². The van der Waals surface area contributed by atoms with E-state index < -0.39 is 12.0 Å². The van der Waals surface area contributed by atoms with Crippen molar-refractivity contribution in [2.45, 2.75) is 26.8 Å². The van der Waals surface area contributed by atoms with Gasteiger partial charge < -0.3 is 10.1 Å². The van der Waals surface area contributed by atoms with E-state index in [2.05, 4.69) is 10.1 Å². The molecule has 1 aromatic carbocycles. The summed E-state index contributed by atoms with van der Waals surface area (Å²) in [5, 5.41) is 3.05. The SMILES string of the molecule is COC(=O)C(NC(=O)c1cccc(C)c1Cl)C(C)C. The van der Waals surface area contributed by atoms with Crippen molar-refractivity contribution in [2.75, 3.05) is 7.11 Å². The first kappa shape index (κ1) is 15.5. The number of nitrogens with one attached hydrogen (secondary N) is 1. The van der Waals surface area contributed by atoms with E-state index in [1.54, 1.807) is 12.1 Å². The first-order valence-corrected chi connectivity index (χ1v) is 6.40. The number of amides is 1. The van der Waals surface area contributed by atoms with Crippen molar-refractivity contribution in [1.82, 2.24) is 5.32 Å². The van der Waals surface area contributed by atoms with Crippen LogP contribution in [-0.2, 0) is 9.53 Å². The summed E-state index contributed by atoms with van der Waals surface area (Å²) in [5.74, 6) is -0.912. The second kappa shape index (κ2) is 6.57. The maximum Gasteiger partial charge on any atom is 0.328 e. The largest absolute Gasteiger partial charge is 0.467 e. The number of esters is 1. The van der Waals surface area contributed by atoms with E-state index in [-0.39, 0.29) is 11.8 Å². The number of hydrogen-bond acceptors (Lipinski definition) is 3. The summed E-state index contributed by atoms with van der Waals surface area (Å²) in [5.41, 5.74) is 1.17. The van der Waals surface area contributed by atoms with Crippen LogP contribution in [0.2, 0.25) is 5.02 Å². The van der Waals surface area contributed by atoms with Gasteiger partial charge in [0.15, 0.2) is 0 Å². The minimum atomic E-state index is -0.686. The van der Waals surface area contributed by atoms with E-state index in [4.69, 9.17) is 11.6 Å². The van der Waals surface area contributed by atoms with Gasteiger partial charge in [0, 0.05) is 0 Å². The van der Waals surface area contributed by atoms with Crippen LogP contribution in [0.1, 0.15) is 29.8 Å². The minimum Gasteiger partial charge on any atom is -0.467 e. The molecule has 1 rings (SSSR count). The number of ether oxygens (including phenoxy) is 1. The van der Waals surface area contributed by atoms with Gasteiger partial charge in [0.2, 0.25) is 0 Å². The molecule has 0 saturated heterocycles. The number of hydrogen-bond donors (Lipinski definition) is 1. The number of benzene rings is 1. The molecule has 0 spiro atoms. The van der Waals surface area contributed by atoms with Gasteiger partial charge in [-0.05, 0) is 24.5 Å². The molecule has 0 saturated carbocycles. The molecule has 0 radical (unpaired) electrons. The van der Waals surface area contributed by atoms with Crippen LogP contribution in [0.15, 0.2) is 18.2 Å². The van der Waals surface area contributed by atoms with Gasteiger partial charge in [-0.25, -0.2) is 4.79 Å². The van der Waals surface area contributed by atoms with E-state index in [0.29, 0.717) is 10.6 Å². The maximum atomic E-state index is 12.1. The van der Waals surface area contributed by atoms with Crippen LogP contribution in [0.25, 0.3) is 0 Å². The lowest BCUT2D eigenvalue weighted by atomic mass is 10.0. The third kappa shape index (κ3) is 3.70. The average molecular weight is 284 g/mol. The van der Waals surface area contributed by atoms with Crippen molar-refractivity contribution >= 4 is 23.5 Å². The van der Waals surface area contributed by atoms with Crippen molar-refractivity contribution in [3.63, 3.8) is 0 Å². The quantitative estimate of drug-likeness (QED) is 0.864. The molecule has 1 N–H and O–H groups in total. The third-order valence-electron chi connectivity index (χ3n) is 2.84. The van der Waals surface area contributed by atoms with Gasteiger partial charge in [0.25, 0.3) is 5.91 Å². The Morgan fingerprint density at radius 2 is 1.95 bits per heavy atom. The number of rotatable bonds is 4. The minimum absolute atomic E-state index is 0.0695. The molecule has 1 unspecified atom stereocenters. The highest BCUT2D eigenvalue weighted by atomic mass is 35.5. The van der Waals surface area contributed by atoms with Crippen molar-refractivity contribution < 1.29 is 14.3 Å². The second-order valence-electron chi connectivity index (χ2n) is 4.65. The van der Waals surface area contributed by atoms with E-state index in [9.17, 15) is 9.59 Å². The fraction of sp³-hybridized carbons (Fsp3) is 0.429. The molecule has 19 heavy (non-hydrogen) atoms. The van der Waals surface area contributed by atoms with Crippen LogP contribution in [0, 0.1) is 12.8 Å². The zero-order valence-corrected chi connectivity index (χ0v) is 12.2. The Labute approximate surface area is 118 Å².